The lowest BCUT2D eigenvalue weighted by atomic mass is 9.92. The molecule has 0 fully saturated rings. The van der Waals surface area contributed by atoms with Crippen LogP contribution in [-0.2, 0) is 16.0 Å². The van der Waals surface area contributed by atoms with Gasteiger partial charge in [0.05, 0.1) is 19.9 Å². The number of ether oxygens (including phenoxy) is 2. The van der Waals surface area contributed by atoms with Crippen molar-refractivity contribution in [2.45, 2.75) is 32.2 Å². The third-order valence-corrected chi connectivity index (χ3v) is 6.21. The number of rotatable bonds is 7. The van der Waals surface area contributed by atoms with Crippen molar-refractivity contribution in [2.24, 2.45) is 0 Å². The van der Waals surface area contributed by atoms with Crippen LogP contribution in [0.2, 0.25) is 0 Å². The van der Waals surface area contributed by atoms with Crippen LogP contribution in [0, 0.1) is 0 Å². The smallest absolute Gasteiger partial charge is 0.247 e. The fourth-order valence-electron chi connectivity index (χ4n) is 4.33. The van der Waals surface area contributed by atoms with Crippen LogP contribution in [-0.4, -0.2) is 56.5 Å². The number of anilines is 1. The van der Waals surface area contributed by atoms with E-state index >= 15 is 0 Å². The number of fused-ring (bicyclic) bond motifs is 1. The molecule has 1 heterocycles. The number of carbonyl (C=O) groups is 2. The van der Waals surface area contributed by atoms with E-state index in [1.165, 1.54) is 11.6 Å². The first-order valence-electron chi connectivity index (χ1n) is 10.8. The summed E-state index contributed by atoms with van der Waals surface area (Å²) in [4.78, 5) is 30.0. The van der Waals surface area contributed by atoms with Crippen molar-refractivity contribution in [1.29, 1.82) is 0 Å². The van der Waals surface area contributed by atoms with E-state index in [1.54, 1.807) is 32.1 Å². The van der Waals surface area contributed by atoms with Crippen molar-refractivity contribution < 1.29 is 19.1 Å². The van der Waals surface area contributed by atoms with E-state index in [0.29, 0.717) is 24.6 Å². The van der Waals surface area contributed by atoms with Crippen LogP contribution in [0.15, 0.2) is 48.5 Å². The highest BCUT2D eigenvalue weighted by Crippen LogP contribution is 2.40. The molecule has 0 saturated heterocycles. The van der Waals surface area contributed by atoms with Gasteiger partial charge in [0, 0.05) is 31.8 Å². The lowest BCUT2D eigenvalue weighted by Gasteiger charge is -2.42. The summed E-state index contributed by atoms with van der Waals surface area (Å²) in [7, 11) is 5.12. The van der Waals surface area contributed by atoms with Crippen LogP contribution >= 0.6 is 0 Å². The molecule has 6 nitrogen and oxygen atoms in total. The quantitative estimate of drug-likeness (QED) is 0.657. The minimum Gasteiger partial charge on any atom is -0.496 e. The van der Waals surface area contributed by atoms with E-state index in [-0.39, 0.29) is 11.7 Å². The highest BCUT2D eigenvalue weighted by Gasteiger charge is 2.41. The van der Waals surface area contributed by atoms with E-state index in [4.69, 9.17) is 9.47 Å². The molecular weight excluding hydrogens is 404 g/mol. The van der Waals surface area contributed by atoms with Crippen molar-refractivity contribution in [3.63, 3.8) is 0 Å². The molecule has 0 aliphatic carbocycles. The van der Waals surface area contributed by atoms with Gasteiger partial charge in [-0.25, -0.2) is 0 Å². The van der Waals surface area contributed by atoms with Gasteiger partial charge in [0.1, 0.15) is 17.0 Å². The number of methoxy groups -OCH3 is 2. The van der Waals surface area contributed by atoms with Gasteiger partial charge in [0.25, 0.3) is 0 Å². The number of hydrogen-bond donors (Lipinski definition) is 0. The second-order valence-electron chi connectivity index (χ2n) is 8.33. The minimum atomic E-state index is -0.997. The van der Waals surface area contributed by atoms with E-state index in [0.717, 1.165) is 24.1 Å². The molecule has 0 aromatic heterocycles. The molecule has 0 N–H and O–H groups in total. The van der Waals surface area contributed by atoms with Gasteiger partial charge in [-0.15, -0.1) is 0 Å². The van der Waals surface area contributed by atoms with Gasteiger partial charge in [-0.05, 0) is 50.5 Å². The molecule has 1 amide bonds. The Labute approximate surface area is 190 Å². The SMILES string of the molecule is COc1ccc(OC)c2c1/C=C/C(=O)N(CCCc1ccccc1)C(C)(C(C)=O)CN2C. The Balaban J connectivity index is 1.99. The highest BCUT2D eigenvalue weighted by atomic mass is 16.5. The molecule has 2 aromatic carbocycles. The molecule has 170 valence electrons. The fraction of sp³-hybridized carbons (Fsp3) is 0.385. The van der Waals surface area contributed by atoms with Crippen LogP contribution in [0.1, 0.15) is 31.4 Å². The second kappa shape index (κ2) is 9.90. The summed E-state index contributed by atoms with van der Waals surface area (Å²) in [6, 6.07) is 13.8. The lowest BCUT2D eigenvalue weighted by Crippen LogP contribution is -2.59. The Morgan fingerprint density at radius 2 is 1.69 bits per heavy atom. The Morgan fingerprint density at radius 1 is 1.03 bits per heavy atom. The van der Waals surface area contributed by atoms with E-state index in [1.807, 2.05) is 49.2 Å². The van der Waals surface area contributed by atoms with Crippen LogP contribution in [0.5, 0.6) is 11.5 Å². The van der Waals surface area contributed by atoms with Gasteiger partial charge in [-0.1, -0.05) is 30.3 Å². The van der Waals surface area contributed by atoms with Gasteiger partial charge >= 0.3 is 0 Å². The molecule has 2 aromatic rings. The Bertz CT molecular complexity index is 1000. The van der Waals surface area contributed by atoms with Gasteiger partial charge < -0.3 is 19.3 Å². The third-order valence-electron chi connectivity index (χ3n) is 6.21. The molecular formula is C26H32N2O4. The summed E-state index contributed by atoms with van der Waals surface area (Å²) < 4.78 is 11.1. The van der Waals surface area contributed by atoms with Crippen LogP contribution < -0.4 is 14.4 Å². The number of nitrogens with zero attached hydrogens (tertiary/aromatic N) is 2. The maximum atomic E-state index is 13.3. The average Bonchev–Trinajstić information content (AvgIpc) is 2.83. The molecule has 0 bridgehead atoms. The number of benzene rings is 2. The summed E-state index contributed by atoms with van der Waals surface area (Å²) >= 11 is 0. The summed E-state index contributed by atoms with van der Waals surface area (Å²) in [5.74, 6) is 1.04. The molecule has 3 rings (SSSR count). The molecule has 1 atom stereocenters. The maximum absolute atomic E-state index is 13.3. The lowest BCUT2D eigenvalue weighted by molar-refractivity contribution is -0.140. The van der Waals surface area contributed by atoms with Gasteiger partial charge in [-0.3, -0.25) is 9.59 Å². The maximum Gasteiger partial charge on any atom is 0.247 e. The third kappa shape index (κ3) is 4.64. The van der Waals surface area contributed by atoms with Crippen molar-refractivity contribution in [3.8, 4) is 11.5 Å². The Kier molecular flexibility index (Phi) is 7.23. The summed E-state index contributed by atoms with van der Waals surface area (Å²) in [5.41, 5.74) is 1.75. The Hall–Kier alpha value is -3.28. The number of carbonyl (C=O) groups excluding carboxylic acids is 2. The first-order valence-corrected chi connectivity index (χ1v) is 10.8. The first-order chi connectivity index (χ1) is 15.3. The first kappa shape index (κ1) is 23.4. The summed E-state index contributed by atoms with van der Waals surface area (Å²) in [5, 5.41) is 0. The van der Waals surface area contributed by atoms with Crippen molar-refractivity contribution in [1.82, 2.24) is 4.90 Å². The zero-order valence-electron chi connectivity index (χ0n) is 19.6. The molecule has 32 heavy (non-hydrogen) atoms. The molecule has 1 aliphatic rings. The topological polar surface area (TPSA) is 59.1 Å². The van der Waals surface area contributed by atoms with E-state index in [9.17, 15) is 9.59 Å². The van der Waals surface area contributed by atoms with Crippen molar-refractivity contribution in [3.05, 3.63) is 59.7 Å². The van der Waals surface area contributed by atoms with E-state index in [2.05, 4.69) is 12.1 Å². The van der Waals surface area contributed by atoms with Crippen LogP contribution in [0.4, 0.5) is 5.69 Å². The van der Waals surface area contributed by atoms with Crippen molar-refractivity contribution in [2.75, 3.05) is 39.3 Å². The van der Waals surface area contributed by atoms with Gasteiger partial charge in [0.2, 0.25) is 5.91 Å². The van der Waals surface area contributed by atoms with Gasteiger partial charge in [-0.2, -0.15) is 0 Å². The van der Waals surface area contributed by atoms with E-state index < -0.39 is 5.54 Å². The molecule has 0 saturated carbocycles. The average molecular weight is 437 g/mol. The largest absolute Gasteiger partial charge is 0.496 e. The summed E-state index contributed by atoms with van der Waals surface area (Å²) in [6.45, 7) is 4.21. The standard InChI is InChI=1S/C26H32N2O4/c1-19(29)26(2)18-27(3)25-21(22(31-4)14-15-23(25)32-5)13-16-24(30)28(26)17-9-12-20-10-7-6-8-11-20/h6-8,10-11,13-16H,9,12,17-18H2,1-5H3/b16-13+. The number of ketones is 1. The predicted molar refractivity (Wildman–Crippen MR) is 127 cm³/mol. The minimum absolute atomic E-state index is 0.0591. The van der Waals surface area contributed by atoms with Crippen molar-refractivity contribution >= 4 is 23.5 Å². The zero-order valence-corrected chi connectivity index (χ0v) is 19.6. The zero-order chi connectivity index (χ0) is 23.3. The second-order valence-corrected chi connectivity index (χ2v) is 8.33. The number of Topliss-reactive ketones (excluding diaryl/α,β-unsaturated/α-hetero) is 1. The monoisotopic (exact) mass is 436 g/mol. The summed E-state index contributed by atoms with van der Waals surface area (Å²) in [6.07, 6.45) is 4.88. The predicted octanol–water partition coefficient (Wildman–Crippen LogP) is 3.98. The Morgan fingerprint density at radius 3 is 2.31 bits per heavy atom. The fourth-order valence-corrected chi connectivity index (χ4v) is 4.33. The van der Waals surface area contributed by atoms with Gasteiger partial charge in [0.15, 0.2) is 5.78 Å². The molecule has 1 aliphatic heterocycles. The highest BCUT2D eigenvalue weighted by molar-refractivity contribution is 5.99. The number of amides is 1. The molecule has 0 radical (unpaired) electrons. The molecule has 1 unspecified atom stereocenters. The van der Waals surface area contributed by atoms with Crippen LogP contribution in [0.3, 0.4) is 0 Å². The normalized spacial score (nSPS) is 19.5. The molecule has 0 spiro atoms. The number of aryl methyl sites for hydroxylation is 1. The number of hydrogen-bond acceptors (Lipinski definition) is 5. The van der Waals surface area contributed by atoms with Crippen LogP contribution in [0.25, 0.3) is 6.08 Å². The number of likely N-dealkylation sites (N-methyl/N-ethyl adjacent to an activating group) is 1. The molecule has 6 heteroatoms.